The van der Waals surface area contributed by atoms with E-state index in [0.29, 0.717) is 41.9 Å². The number of para-hydroxylation sites is 1. The van der Waals surface area contributed by atoms with Gasteiger partial charge in [0.2, 0.25) is 5.28 Å². The fourth-order valence-electron chi connectivity index (χ4n) is 3.00. The average Bonchev–Trinajstić information content (AvgIpc) is 3.29. The van der Waals surface area contributed by atoms with Crippen LogP contribution in [0.2, 0.25) is 5.28 Å². The van der Waals surface area contributed by atoms with E-state index in [9.17, 15) is 4.21 Å². The van der Waals surface area contributed by atoms with Gasteiger partial charge in [-0.25, -0.2) is 9.97 Å². The topological polar surface area (TPSA) is 77.2 Å². The van der Waals surface area contributed by atoms with Gasteiger partial charge in [-0.1, -0.05) is 6.07 Å². The molecule has 1 saturated heterocycles. The molecule has 1 aromatic carbocycles. The van der Waals surface area contributed by atoms with E-state index in [1.165, 1.54) is 0 Å². The first kappa shape index (κ1) is 17.3. The summed E-state index contributed by atoms with van der Waals surface area (Å²) in [6, 6.07) is 9.42. The number of benzene rings is 1. The summed E-state index contributed by atoms with van der Waals surface area (Å²) in [7, 11) is -0.708. The van der Waals surface area contributed by atoms with E-state index in [1.54, 1.807) is 6.26 Å². The van der Waals surface area contributed by atoms with E-state index < -0.39 is 10.8 Å². The zero-order valence-electron chi connectivity index (χ0n) is 14.0. The fraction of sp³-hybridized carbons (Fsp3) is 0.333. The Morgan fingerprint density at radius 2 is 2.23 bits per heavy atom. The van der Waals surface area contributed by atoms with Crippen LogP contribution < -0.4 is 10.1 Å². The summed E-state index contributed by atoms with van der Waals surface area (Å²) in [5, 5.41) is 4.21. The first-order valence-corrected chi connectivity index (χ1v) is 10.3. The highest BCUT2D eigenvalue weighted by Crippen LogP contribution is 2.30. The maximum absolute atomic E-state index is 11.5. The second kappa shape index (κ2) is 7.63. The molecule has 3 heterocycles. The summed E-state index contributed by atoms with van der Waals surface area (Å²) in [6.45, 7) is 1.02. The molecule has 136 valence electrons. The van der Waals surface area contributed by atoms with Crippen molar-refractivity contribution < 1.29 is 13.4 Å². The molecule has 0 aliphatic carbocycles. The number of halogens is 1. The molecule has 0 radical (unpaired) electrons. The van der Waals surface area contributed by atoms with Crippen molar-refractivity contribution in [2.75, 3.05) is 23.4 Å². The SMILES string of the molecule is O=S1CCC(COc2cccc3c(NCc4ccco4)nc(Cl)nc23)C1. The normalized spacial score (nSPS) is 19.7. The van der Waals surface area contributed by atoms with Gasteiger partial charge in [0.15, 0.2) is 0 Å². The van der Waals surface area contributed by atoms with Crippen LogP contribution in [0, 0.1) is 5.92 Å². The third-order valence-corrected chi connectivity index (χ3v) is 6.03. The van der Waals surface area contributed by atoms with Crippen molar-refractivity contribution in [2.24, 2.45) is 5.92 Å². The van der Waals surface area contributed by atoms with E-state index in [-0.39, 0.29) is 5.28 Å². The number of furan rings is 1. The van der Waals surface area contributed by atoms with Crippen LogP contribution in [-0.2, 0) is 17.3 Å². The van der Waals surface area contributed by atoms with Gasteiger partial charge in [-0.2, -0.15) is 0 Å². The van der Waals surface area contributed by atoms with Gasteiger partial charge in [0.1, 0.15) is 22.8 Å². The average molecular weight is 392 g/mol. The maximum Gasteiger partial charge on any atom is 0.225 e. The Kier molecular flexibility index (Phi) is 5.08. The zero-order valence-corrected chi connectivity index (χ0v) is 15.6. The van der Waals surface area contributed by atoms with E-state index >= 15 is 0 Å². The number of rotatable bonds is 6. The summed E-state index contributed by atoms with van der Waals surface area (Å²) in [6.07, 6.45) is 2.56. The van der Waals surface area contributed by atoms with Crippen LogP contribution in [0.1, 0.15) is 12.2 Å². The van der Waals surface area contributed by atoms with Crippen molar-refractivity contribution in [2.45, 2.75) is 13.0 Å². The third kappa shape index (κ3) is 3.83. The molecule has 1 aliphatic rings. The number of fused-ring (bicyclic) bond motifs is 1. The highest BCUT2D eigenvalue weighted by atomic mass is 35.5. The molecular formula is C18H18ClN3O3S. The monoisotopic (exact) mass is 391 g/mol. The van der Waals surface area contributed by atoms with Crippen LogP contribution in [0.3, 0.4) is 0 Å². The predicted molar refractivity (Wildman–Crippen MR) is 102 cm³/mol. The molecule has 26 heavy (non-hydrogen) atoms. The standard InChI is InChI=1S/C18H18ClN3O3S/c19-18-21-16-14(17(22-18)20-9-13-3-2-7-24-13)4-1-5-15(16)25-10-12-6-8-26(23)11-12/h1-5,7,12H,6,8-11H2,(H,20,21,22). The molecule has 3 aromatic rings. The predicted octanol–water partition coefficient (Wildman–Crippen LogP) is 3.64. The van der Waals surface area contributed by atoms with E-state index in [1.807, 2.05) is 30.3 Å². The number of hydrogen-bond donors (Lipinski definition) is 1. The van der Waals surface area contributed by atoms with Gasteiger partial charge in [0, 0.05) is 33.6 Å². The summed E-state index contributed by atoms with van der Waals surface area (Å²) < 4.78 is 22.9. The van der Waals surface area contributed by atoms with Gasteiger partial charge in [0.05, 0.1) is 19.4 Å². The zero-order chi connectivity index (χ0) is 17.9. The smallest absolute Gasteiger partial charge is 0.225 e. The number of anilines is 1. The van der Waals surface area contributed by atoms with Crippen LogP contribution in [-0.4, -0.2) is 32.3 Å². The van der Waals surface area contributed by atoms with Crippen LogP contribution in [0.4, 0.5) is 5.82 Å². The first-order chi connectivity index (χ1) is 12.7. The molecule has 2 aromatic heterocycles. The number of nitrogens with zero attached hydrogens (tertiary/aromatic N) is 2. The lowest BCUT2D eigenvalue weighted by Gasteiger charge is -2.14. The lowest BCUT2D eigenvalue weighted by molar-refractivity contribution is 0.266. The lowest BCUT2D eigenvalue weighted by atomic mass is 10.1. The van der Waals surface area contributed by atoms with Crippen molar-refractivity contribution in [1.29, 1.82) is 0 Å². The Hall–Kier alpha value is -2.12. The van der Waals surface area contributed by atoms with E-state index in [0.717, 1.165) is 23.3 Å². The molecule has 4 rings (SSSR count). The summed E-state index contributed by atoms with van der Waals surface area (Å²) in [5.74, 6) is 3.87. The molecule has 8 heteroatoms. The van der Waals surface area contributed by atoms with Gasteiger partial charge in [0.25, 0.3) is 0 Å². The minimum atomic E-state index is -0.708. The van der Waals surface area contributed by atoms with Gasteiger partial charge in [-0.05, 0) is 42.3 Å². The molecule has 2 atom stereocenters. The van der Waals surface area contributed by atoms with Crippen molar-refractivity contribution in [3.63, 3.8) is 0 Å². The first-order valence-electron chi connectivity index (χ1n) is 8.39. The second-order valence-corrected chi connectivity index (χ2v) is 8.16. The molecule has 1 N–H and O–H groups in total. The molecule has 0 amide bonds. The summed E-state index contributed by atoms with van der Waals surface area (Å²) in [5.41, 5.74) is 0.661. The van der Waals surface area contributed by atoms with Crippen LogP contribution >= 0.6 is 11.6 Å². The van der Waals surface area contributed by atoms with Crippen LogP contribution in [0.15, 0.2) is 41.0 Å². The molecule has 0 bridgehead atoms. The fourth-order valence-corrected chi connectivity index (χ4v) is 4.72. The van der Waals surface area contributed by atoms with E-state index in [2.05, 4.69) is 15.3 Å². The van der Waals surface area contributed by atoms with Gasteiger partial charge in [-0.15, -0.1) is 0 Å². The Bertz CT molecular complexity index is 933. The van der Waals surface area contributed by atoms with Crippen LogP contribution in [0.25, 0.3) is 10.9 Å². The molecule has 0 saturated carbocycles. The Morgan fingerprint density at radius 1 is 1.31 bits per heavy atom. The summed E-state index contributed by atoms with van der Waals surface area (Å²) >= 11 is 6.12. The minimum absolute atomic E-state index is 0.150. The van der Waals surface area contributed by atoms with E-state index in [4.69, 9.17) is 20.8 Å². The Morgan fingerprint density at radius 3 is 3.00 bits per heavy atom. The molecule has 6 nitrogen and oxygen atoms in total. The molecule has 1 aliphatic heterocycles. The van der Waals surface area contributed by atoms with Crippen molar-refractivity contribution in [3.8, 4) is 5.75 Å². The Balaban J connectivity index is 1.57. The molecule has 1 fully saturated rings. The van der Waals surface area contributed by atoms with Gasteiger partial charge in [-0.3, -0.25) is 4.21 Å². The quantitative estimate of drug-likeness (QED) is 0.646. The number of hydrogen-bond acceptors (Lipinski definition) is 6. The van der Waals surface area contributed by atoms with Crippen molar-refractivity contribution >= 4 is 39.1 Å². The third-order valence-electron chi connectivity index (χ3n) is 4.32. The lowest BCUT2D eigenvalue weighted by Crippen LogP contribution is -2.12. The molecule has 2 unspecified atom stereocenters. The Labute approximate surface area is 158 Å². The van der Waals surface area contributed by atoms with Crippen molar-refractivity contribution in [1.82, 2.24) is 9.97 Å². The minimum Gasteiger partial charge on any atom is -0.491 e. The largest absolute Gasteiger partial charge is 0.491 e. The number of aromatic nitrogens is 2. The number of nitrogens with one attached hydrogen (secondary N) is 1. The van der Waals surface area contributed by atoms with Gasteiger partial charge >= 0.3 is 0 Å². The molecular weight excluding hydrogens is 374 g/mol. The number of ether oxygens (including phenoxy) is 1. The van der Waals surface area contributed by atoms with Crippen molar-refractivity contribution in [3.05, 3.63) is 47.6 Å². The summed E-state index contributed by atoms with van der Waals surface area (Å²) in [4.78, 5) is 8.64. The highest BCUT2D eigenvalue weighted by Gasteiger charge is 2.22. The molecule has 0 spiro atoms. The van der Waals surface area contributed by atoms with Crippen LogP contribution in [0.5, 0.6) is 5.75 Å². The van der Waals surface area contributed by atoms with Gasteiger partial charge < -0.3 is 14.5 Å². The highest BCUT2D eigenvalue weighted by molar-refractivity contribution is 7.85. The second-order valence-electron chi connectivity index (χ2n) is 6.20. The maximum atomic E-state index is 11.5.